The molecule has 2 aliphatic heterocycles. The number of ether oxygens (including phenoxy) is 1. The number of likely N-dealkylation sites (tertiary alicyclic amines) is 2. The Kier molecular flexibility index (Phi) is 8.72. The first kappa shape index (κ1) is 31.9. The molecule has 2 saturated heterocycles. The van der Waals surface area contributed by atoms with Crippen molar-refractivity contribution in [3.63, 3.8) is 0 Å². The lowest BCUT2D eigenvalue weighted by Crippen LogP contribution is -2.58. The van der Waals surface area contributed by atoms with Gasteiger partial charge in [-0.3, -0.25) is 4.79 Å². The second-order valence-electron chi connectivity index (χ2n) is 14.4. The number of halogens is 1. The predicted molar refractivity (Wildman–Crippen MR) is 176 cm³/mol. The molecule has 1 aromatic heterocycles. The lowest BCUT2D eigenvalue weighted by Gasteiger charge is -2.56. The van der Waals surface area contributed by atoms with Crippen molar-refractivity contribution in [3.05, 3.63) is 100 Å². The molecule has 2 amide bonds. The first-order valence-electron chi connectivity index (χ1n) is 16.3. The highest BCUT2D eigenvalue weighted by molar-refractivity contribution is 5.92. The highest BCUT2D eigenvalue weighted by Gasteiger charge is 2.49. The molecule has 0 radical (unpaired) electrons. The Bertz CT molecular complexity index is 1610. The average Bonchev–Trinajstić information content (AvgIpc) is 2.99. The number of carbonyl (C=O) groups is 2. The molecule has 1 aliphatic carbocycles. The van der Waals surface area contributed by atoms with Crippen LogP contribution in [0.2, 0.25) is 0 Å². The van der Waals surface area contributed by atoms with Crippen molar-refractivity contribution >= 4 is 17.6 Å². The van der Waals surface area contributed by atoms with Crippen LogP contribution in [0.25, 0.3) is 5.57 Å². The van der Waals surface area contributed by atoms with Crippen molar-refractivity contribution in [3.8, 4) is 0 Å². The average molecular weight is 626 g/mol. The maximum Gasteiger partial charge on any atom is 0.410 e. The molecule has 8 nitrogen and oxygen atoms in total. The Hall–Kier alpha value is -4.11. The summed E-state index contributed by atoms with van der Waals surface area (Å²) < 4.78 is 19.3. The van der Waals surface area contributed by atoms with Gasteiger partial charge in [-0.25, -0.2) is 19.2 Å². The fourth-order valence-electron chi connectivity index (χ4n) is 7.18. The van der Waals surface area contributed by atoms with Crippen LogP contribution >= 0.6 is 0 Å². The van der Waals surface area contributed by atoms with E-state index in [1.54, 1.807) is 17.2 Å². The number of nitrogens with one attached hydrogen (secondary N) is 1. The summed E-state index contributed by atoms with van der Waals surface area (Å²) in [6.45, 7) is 10.9. The smallest absolute Gasteiger partial charge is 0.410 e. The Morgan fingerprint density at radius 2 is 1.59 bits per heavy atom. The summed E-state index contributed by atoms with van der Waals surface area (Å²) in [7, 11) is 2.16. The number of amides is 2. The van der Waals surface area contributed by atoms with Crippen LogP contribution in [0.3, 0.4) is 0 Å². The normalized spacial score (nSPS) is 18.8. The zero-order valence-electron chi connectivity index (χ0n) is 27.5. The van der Waals surface area contributed by atoms with Crippen LogP contribution in [0.15, 0.2) is 66.4 Å². The zero-order chi connectivity index (χ0) is 32.6. The molecule has 1 N–H and O–H groups in total. The van der Waals surface area contributed by atoms with E-state index in [4.69, 9.17) is 4.74 Å². The second kappa shape index (κ2) is 12.6. The summed E-state index contributed by atoms with van der Waals surface area (Å²) in [6.07, 6.45) is 4.89. The maximum absolute atomic E-state index is 13.8. The quantitative estimate of drug-likeness (QED) is 0.326. The number of rotatable bonds is 6. The summed E-state index contributed by atoms with van der Waals surface area (Å²) in [5, 5.41) is 3.09. The molecular formula is C37H44FN5O3. The molecule has 0 unspecified atom stereocenters. The van der Waals surface area contributed by atoms with Crippen molar-refractivity contribution in [2.75, 3.05) is 33.2 Å². The largest absolute Gasteiger partial charge is 0.444 e. The second-order valence-corrected chi connectivity index (χ2v) is 14.4. The van der Waals surface area contributed by atoms with Gasteiger partial charge >= 0.3 is 6.09 Å². The van der Waals surface area contributed by atoms with E-state index in [-0.39, 0.29) is 29.8 Å². The van der Waals surface area contributed by atoms with Gasteiger partial charge in [-0.1, -0.05) is 42.0 Å². The van der Waals surface area contributed by atoms with Gasteiger partial charge in [-0.2, -0.15) is 0 Å². The third-order valence-electron chi connectivity index (χ3n) is 9.34. The van der Waals surface area contributed by atoms with Crippen LogP contribution in [0, 0.1) is 11.2 Å². The number of aromatic nitrogens is 2. The highest BCUT2D eigenvalue weighted by atomic mass is 19.1. The standard InChI is InChI=1S/C37H44FN5O3/c1-24(40-34(44)31-14-17-39-33(41-31)28-15-18-43(19-16-28)35(45)46-36(2,3)4)25-6-8-26(9-7-25)32(27-10-12-30(38)13-11-27)29-20-37(21-29)22-42(5)23-37/h6-14,17,24,28H,15-16,18-23H2,1-5H3,(H,40,44)/t24-/m1/s1. The van der Waals surface area contributed by atoms with Crippen molar-refractivity contribution in [1.82, 2.24) is 25.1 Å². The van der Waals surface area contributed by atoms with E-state index in [1.165, 1.54) is 23.3 Å². The molecule has 3 heterocycles. The van der Waals surface area contributed by atoms with Crippen molar-refractivity contribution in [1.29, 1.82) is 0 Å². The van der Waals surface area contributed by atoms with Gasteiger partial charge in [0.1, 0.15) is 22.9 Å². The fourth-order valence-corrected chi connectivity index (χ4v) is 7.18. The van der Waals surface area contributed by atoms with Gasteiger partial charge in [0.25, 0.3) is 5.91 Å². The summed E-state index contributed by atoms with van der Waals surface area (Å²) in [4.78, 5) is 38.9. The minimum Gasteiger partial charge on any atom is -0.444 e. The molecule has 242 valence electrons. The summed E-state index contributed by atoms with van der Waals surface area (Å²) in [6, 6.07) is 16.5. The topological polar surface area (TPSA) is 87.7 Å². The number of carbonyl (C=O) groups excluding carboxylic acids is 2. The number of nitrogens with zero attached hydrogens (tertiary/aromatic N) is 4. The van der Waals surface area contributed by atoms with Crippen molar-refractivity contribution in [2.24, 2.45) is 5.41 Å². The SMILES string of the molecule is C[C@@H](NC(=O)c1ccnc(C2CCN(C(=O)OC(C)(C)C)CC2)n1)c1ccc(C(=C2CC3(C2)CN(C)C3)c2ccc(F)cc2)cc1. The van der Waals surface area contributed by atoms with Crippen LogP contribution in [-0.2, 0) is 4.74 Å². The summed E-state index contributed by atoms with van der Waals surface area (Å²) >= 11 is 0. The molecular weight excluding hydrogens is 581 g/mol. The van der Waals surface area contributed by atoms with E-state index >= 15 is 0 Å². The Morgan fingerprint density at radius 3 is 2.17 bits per heavy atom. The molecule has 46 heavy (non-hydrogen) atoms. The number of hydrogen-bond donors (Lipinski definition) is 1. The fraction of sp³-hybridized carbons (Fsp3) is 0.459. The van der Waals surface area contributed by atoms with Gasteiger partial charge in [-0.15, -0.1) is 0 Å². The molecule has 9 heteroatoms. The van der Waals surface area contributed by atoms with Crippen LogP contribution in [0.5, 0.6) is 0 Å². The van der Waals surface area contributed by atoms with Gasteiger partial charge in [-0.05, 0) is 101 Å². The minimum absolute atomic E-state index is 0.0663. The molecule has 3 aromatic rings. The molecule has 1 spiro atoms. The highest BCUT2D eigenvalue weighted by Crippen LogP contribution is 2.54. The number of hydrogen-bond acceptors (Lipinski definition) is 6. The molecule has 2 aromatic carbocycles. The van der Waals surface area contributed by atoms with E-state index in [2.05, 4.69) is 51.5 Å². The molecule has 3 aliphatic rings. The number of benzene rings is 2. The summed E-state index contributed by atoms with van der Waals surface area (Å²) in [5.74, 6) is 0.196. The third-order valence-corrected chi connectivity index (χ3v) is 9.34. The molecule has 1 atom stereocenters. The van der Waals surface area contributed by atoms with Gasteiger partial charge in [0.15, 0.2) is 0 Å². The molecule has 1 saturated carbocycles. The van der Waals surface area contributed by atoms with Gasteiger partial charge in [0, 0.05) is 43.7 Å². The summed E-state index contributed by atoms with van der Waals surface area (Å²) in [5.41, 5.74) is 5.91. The van der Waals surface area contributed by atoms with Gasteiger partial charge in [0.2, 0.25) is 0 Å². The van der Waals surface area contributed by atoms with Crippen LogP contribution < -0.4 is 5.32 Å². The Morgan fingerprint density at radius 1 is 0.978 bits per heavy atom. The van der Waals surface area contributed by atoms with E-state index in [9.17, 15) is 14.0 Å². The predicted octanol–water partition coefficient (Wildman–Crippen LogP) is 6.75. The van der Waals surface area contributed by atoms with Crippen molar-refractivity contribution in [2.45, 2.75) is 70.9 Å². The molecule has 0 bridgehead atoms. The Balaban J connectivity index is 1.10. The van der Waals surface area contributed by atoms with E-state index in [1.807, 2.05) is 39.8 Å². The minimum atomic E-state index is -0.533. The molecule has 3 fully saturated rings. The monoisotopic (exact) mass is 625 g/mol. The lowest BCUT2D eigenvalue weighted by atomic mass is 9.59. The first-order chi connectivity index (χ1) is 21.9. The Labute approximate surface area is 271 Å². The van der Waals surface area contributed by atoms with Crippen molar-refractivity contribution < 1.29 is 18.7 Å². The maximum atomic E-state index is 13.8. The van der Waals surface area contributed by atoms with E-state index in [0.717, 1.165) is 42.6 Å². The first-order valence-corrected chi connectivity index (χ1v) is 16.3. The van der Waals surface area contributed by atoms with Gasteiger partial charge in [0.05, 0.1) is 6.04 Å². The molecule has 6 rings (SSSR count). The zero-order valence-corrected chi connectivity index (χ0v) is 27.5. The van der Waals surface area contributed by atoms with Crippen LogP contribution in [0.4, 0.5) is 9.18 Å². The number of allylic oxidation sites excluding steroid dienone is 1. The van der Waals surface area contributed by atoms with Crippen LogP contribution in [-0.4, -0.2) is 70.6 Å². The van der Waals surface area contributed by atoms with Gasteiger partial charge < -0.3 is 19.9 Å². The van der Waals surface area contributed by atoms with E-state index in [0.29, 0.717) is 42.9 Å². The lowest BCUT2D eigenvalue weighted by molar-refractivity contribution is -0.0106. The third kappa shape index (κ3) is 6.99. The number of piperidine rings is 1. The van der Waals surface area contributed by atoms with E-state index < -0.39 is 5.60 Å². The van der Waals surface area contributed by atoms with Crippen LogP contribution in [0.1, 0.15) is 98.3 Å².